The second kappa shape index (κ2) is 10.5. The standard InChI is InChI=1S/C23H33I2N3/c1-7-11-19(21(16-18(2)3)23(4,5)6)17-26-14-15-27(22(26)28(24)25)20-12-9-8-10-13-20/h7-15,18,21-22H,1,16-17H2,2-6H3/b19-11-. The van der Waals surface area contributed by atoms with E-state index in [1.165, 1.54) is 17.7 Å². The molecule has 0 aromatic heterocycles. The van der Waals surface area contributed by atoms with E-state index in [9.17, 15) is 0 Å². The zero-order valence-corrected chi connectivity index (χ0v) is 22.0. The number of nitrogens with zero attached hydrogens (tertiary/aromatic N) is 3. The molecule has 154 valence electrons. The number of rotatable bonds is 8. The van der Waals surface area contributed by atoms with Crippen LogP contribution in [0.4, 0.5) is 5.69 Å². The number of anilines is 1. The van der Waals surface area contributed by atoms with Crippen molar-refractivity contribution in [1.82, 2.24) is 6.23 Å². The molecule has 0 N–H and O–H groups in total. The zero-order chi connectivity index (χ0) is 20.9. The first-order valence-electron chi connectivity index (χ1n) is 9.85. The van der Waals surface area contributed by atoms with Gasteiger partial charge in [-0.05, 0) is 41.4 Å². The van der Waals surface area contributed by atoms with Crippen molar-refractivity contribution in [3.63, 3.8) is 0 Å². The minimum absolute atomic E-state index is 0.136. The van der Waals surface area contributed by atoms with Gasteiger partial charge in [0.1, 0.15) is 0 Å². The smallest absolute Gasteiger partial charge is 0.181 e. The van der Waals surface area contributed by atoms with Crippen molar-refractivity contribution in [2.75, 3.05) is 11.4 Å². The van der Waals surface area contributed by atoms with Gasteiger partial charge < -0.3 is 9.80 Å². The van der Waals surface area contributed by atoms with Crippen LogP contribution in [0.25, 0.3) is 0 Å². The van der Waals surface area contributed by atoms with E-state index in [1.807, 2.05) is 6.08 Å². The molecular formula is C23H33I2N3. The molecule has 1 aromatic rings. The average molecular weight is 605 g/mol. The van der Waals surface area contributed by atoms with E-state index >= 15 is 0 Å². The van der Waals surface area contributed by atoms with Gasteiger partial charge in [-0.1, -0.05) is 71.5 Å². The molecule has 1 aliphatic rings. The van der Waals surface area contributed by atoms with Gasteiger partial charge in [0.15, 0.2) is 6.29 Å². The SMILES string of the molecule is C=C/C=C(/CN1C=CN(c2ccccc2)C1N(I)I)C(CC(C)C)C(C)(C)C. The van der Waals surface area contributed by atoms with Gasteiger partial charge >= 0.3 is 0 Å². The van der Waals surface area contributed by atoms with E-state index in [1.54, 1.807) is 0 Å². The third-order valence-corrected chi connectivity index (χ3v) is 6.09. The first kappa shape index (κ1) is 23.7. The summed E-state index contributed by atoms with van der Waals surface area (Å²) in [5.41, 5.74) is 2.87. The molecule has 0 amide bonds. The lowest BCUT2D eigenvalue weighted by Crippen LogP contribution is -2.46. The van der Waals surface area contributed by atoms with E-state index in [4.69, 9.17) is 0 Å². The van der Waals surface area contributed by atoms with Crippen LogP contribution in [-0.4, -0.2) is 19.1 Å². The molecule has 0 aliphatic carbocycles. The maximum Gasteiger partial charge on any atom is 0.181 e. The zero-order valence-electron chi connectivity index (χ0n) is 17.6. The van der Waals surface area contributed by atoms with Gasteiger partial charge in [0.25, 0.3) is 0 Å². The number of halogens is 2. The summed E-state index contributed by atoms with van der Waals surface area (Å²) >= 11 is 4.76. The fraction of sp³-hybridized carbons (Fsp3) is 0.478. The van der Waals surface area contributed by atoms with Crippen LogP contribution >= 0.6 is 45.7 Å². The third-order valence-electron chi connectivity index (χ3n) is 5.09. The molecular weight excluding hydrogens is 572 g/mol. The molecule has 1 heterocycles. The molecule has 28 heavy (non-hydrogen) atoms. The number of benzene rings is 1. The summed E-state index contributed by atoms with van der Waals surface area (Å²) in [7, 11) is 0. The predicted octanol–water partition coefficient (Wildman–Crippen LogP) is 7.39. The highest BCUT2D eigenvalue weighted by Gasteiger charge is 2.34. The van der Waals surface area contributed by atoms with E-state index in [-0.39, 0.29) is 11.7 Å². The topological polar surface area (TPSA) is 9.72 Å². The number of hydrogen-bond acceptors (Lipinski definition) is 3. The van der Waals surface area contributed by atoms with Crippen LogP contribution in [0.15, 0.2) is 67.0 Å². The molecule has 0 fully saturated rings. The Kier molecular flexibility index (Phi) is 8.88. The Bertz CT molecular complexity index is 690. The number of para-hydroxylation sites is 1. The second-order valence-electron chi connectivity index (χ2n) is 8.84. The van der Waals surface area contributed by atoms with Gasteiger partial charge in [0.05, 0.1) is 0 Å². The van der Waals surface area contributed by atoms with Crippen molar-refractivity contribution in [2.45, 2.75) is 47.3 Å². The second-order valence-corrected chi connectivity index (χ2v) is 12.8. The van der Waals surface area contributed by atoms with Crippen LogP contribution in [0, 0.1) is 17.3 Å². The molecule has 0 saturated heterocycles. The summed E-state index contributed by atoms with van der Waals surface area (Å²) in [5, 5.41) is 0. The summed E-state index contributed by atoms with van der Waals surface area (Å²) in [6, 6.07) is 10.6. The van der Waals surface area contributed by atoms with Crippen LogP contribution in [0.3, 0.4) is 0 Å². The normalized spacial score (nSPS) is 19.0. The van der Waals surface area contributed by atoms with E-state index < -0.39 is 0 Å². The summed E-state index contributed by atoms with van der Waals surface area (Å²) in [5.74, 6) is 1.18. The lowest BCUT2D eigenvalue weighted by atomic mass is 9.72. The lowest BCUT2D eigenvalue weighted by Gasteiger charge is -2.39. The van der Waals surface area contributed by atoms with Gasteiger partial charge in [-0.25, -0.2) is 0 Å². The highest BCUT2D eigenvalue weighted by molar-refractivity contribution is 14.2. The molecule has 1 aromatic carbocycles. The molecule has 2 atom stereocenters. The van der Waals surface area contributed by atoms with Crippen LogP contribution in [0.1, 0.15) is 41.0 Å². The van der Waals surface area contributed by atoms with Gasteiger partial charge in [-0.3, -0.25) is 0 Å². The minimum Gasteiger partial charge on any atom is -0.338 e. The van der Waals surface area contributed by atoms with Crippen LogP contribution in [0.2, 0.25) is 0 Å². The van der Waals surface area contributed by atoms with Crippen molar-refractivity contribution >= 4 is 51.4 Å². The fourth-order valence-corrected chi connectivity index (χ4v) is 4.98. The predicted molar refractivity (Wildman–Crippen MR) is 139 cm³/mol. The van der Waals surface area contributed by atoms with E-state index in [2.05, 4.69) is 147 Å². The fourth-order valence-electron chi connectivity index (χ4n) is 3.81. The highest BCUT2D eigenvalue weighted by atomic mass is 127. The summed E-state index contributed by atoms with van der Waals surface area (Å²) in [6.45, 7) is 16.6. The van der Waals surface area contributed by atoms with Crippen LogP contribution in [0.5, 0.6) is 0 Å². The molecule has 5 heteroatoms. The summed E-state index contributed by atoms with van der Waals surface area (Å²) in [4.78, 5) is 4.74. The van der Waals surface area contributed by atoms with Crippen molar-refractivity contribution < 1.29 is 0 Å². The van der Waals surface area contributed by atoms with Gasteiger partial charge in [-0.2, -0.15) is 0 Å². The molecule has 3 nitrogen and oxygen atoms in total. The summed E-state index contributed by atoms with van der Waals surface area (Å²) in [6.07, 6.45) is 9.91. The molecule has 0 radical (unpaired) electrons. The van der Waals surface area contributed by atoms with Crippen molar-refractivity contribution in [2.24, 2.45) is 17.3 Å². The average Bonchev–Trinajstić information content (AvgIpc) is 3.03. The van der Waals surface area contributed by atoms with Gasteiger partial charge in [0.2, 0.25) is 0 Å². The maximum atomic E-state index is 4.00. The maximum absolute atomic E-state index is 4.00. The van der Waals surface area contributed by atoms with Gasteiger partial charge in [0, 0.05) is 70.4 Å². The highest BCUT2D eigenvalue weighted by Crippen LogP contribution is 2.39. The lowest BCUT2D eigenvalue weighted by molar-refractivity contribution is 0.211. The molecule has 2 unspecified atom stereocenters. The third kappa shape index (κ3) is 6.23. The van der Waals surface area contributed by atoms with Gasteiger partial charge in [-0.15, -0.1) is 1.33 Å². The molecule has 1 aliphatic heterocycles. The van der Waals surface area contributed by atoms with Crippen molar-refractivity contribution in [3.05, 3.63) is 67.0 Å². The first-order valence-corrected chi connectivity index (χ1v) is 11.8. The Hall–Kier alpha value is -0.540. The Morgan fingerprint density at radius 3 is 2.32 bits per heavy atom. The number of allylic oxidation sites excluding steroid dienone is 2. The van der Waals surface area contributed by atoms with E-state index in [0.29, 0.717) is 11.8 Å². The number of hydrogen-bond donors (Lipinski definition) is 0. The molecule has 0 bridgehead atoms. The first-order chi connectivity index (χ1) is 13.1. The summed E-state index contributed by atoms with van der Waals surface area (Å²) < 4.78 is 2.21. The largest absolute Gasteiger partial charge is 0.338 e. The Balaban J connectivity index is 2.30. The molecule has 0 saturated carbocycles. The van der Waals surface area contributed by atoms with Crippen molar-refractivity contribution in [1.29, 1.82) is 0 Å². The molecule has 0 spiro atoms. The van der Waals surface area contributed by atoms with Crippen LogP contribution < -0.4 is 4.90 Å². The monoisotopic (exact) mass is 605 g/mol. The molecule has 2 rings (SSSR count). The Morgan fingerprint density at radius 1 is 1.18 bits per heavy atom. The van der Waals surface area contributed by atoms with Crippen molar-refractivity contribution in [3.8, 4) is 0 Å². The van der Waals surface area contributed by atoms with E-state index in [0.717, 1.165) is 6.54 Å². The Labute approximate surface area is 199 Å². The quantitative estimate of drug-likeness (QED) is 0.174. The van der Waals surface area contributed by atoms with Crippen LogP contribution in [-0.2, 0) is 0 Å². The Morgan fingerprint density at radius 2 is 1.82 bits per heavy atom. The minimum atomic E-state index is 0.136.